The smallest absolute Gasteiger partial charge is 0.179 e. The van der Waals surface area contributed by atoms with Gasteiger partial charge in [-0.3, -0.25) is 9.59 Å². The van der Waals surface area contributed by atoms with E-state index in [0.29, 0.717) is 11.3 Å². The Kier molecular flexibility index (Phi) is 3.97. The zero-order valence-corrected chi connectivity index (χ0v) is 19.2. The molecule has 0 saturated heterocycles. The fourth-order valence-electron chi connectivity index (χ4n) is 6.94. The summed E-state index contributed by atoms with van der Waals surface area (Å²) in [6, 6.07) is 35.2. The summed E-state index contributed by atoms with van der Waals surface area (Å²) in [5.41, 5.74) is 3.51. The maximum atomic E-state index is 14.9. The van der Waals surface area contributed by atoms with Crippen LogP contribution in [0.1, 0.15) is 51.2 Å². The van der Waals surface area contributed by atoms with Gasteiger partial charge in [0.25, 0.3) is 0 Å². The Morgan fingerprint density at radius 1 is 0.714 bits per heavy atom. The first kappa shape index (κ1) is 20.2. The Hall–Kier alpha value is -4.24. The lowest BCUT2D eigenvalue weighted by atomic mass is 9.57. The fourth-order valence-corrected chi connectivity index (χ4v) is 6.94. The molecule has 3 atom stereocenters. The molecule has 7 rings (SSSR count). The first-order valence-electron chi connectivity index (χ1n) is 11.9. The Morgan fingerprint density at radius 3 is 2.03 bits per heavy atom. The van der Waals surface area contributed by atoms with Gasteiger partial charge in [0, 0.05) is 16.7 Å². The van der Waals surface area contributed by atoms with E-state index in [9.17, 15) is 9.59 Å². The molecule has 4 aromatic carbocycles. The average molecular weight is 455 g/mol. The lowest BCUT2D eigenvalue weighted by Crippen LogP contribution is -2.51. The molecule has 0 saturated carbocycles. The highest BCUT2D eigenvalue weighted by Crippen LogP contribution is 2.77. The summed E-state index contributed by atoms with van der Waals surface area (Å²) in [6.07, 6.45) is -0.604. The highest BCUT2D eigenvalue weighted by atomic mass is 16.5. The third-order valence-electron chi connectivity index (χ3n) is 8.05. The predicted molar refractivity (Wildman–Crippen MR) is 135 cm³/mol. The van der Waals surface area contributed by atoms with Crippen molar-refractivity contribution >= 4 is 22.9 Å². The monoisotopic (exact) mass is 454 g/mol. The Labute approximate surface area is 203 Å². The van der Waals surface area contributed by atoms with Crippen LogP contribution in [-0.2, 0) is 14.9 Å². The van der Waals surface area contributed by atoms with Gasteiger partial charge in [-0.1, -0.05) is 109 Å². The van der Waals surface area contributed by atoms with E-state index in [0.717, 1.165) is 33.4 Å². The summed E-state index contributed by atoms with van der Waals surface area (Å²) >= 11 is 0. The van der Waals surface area contributed by atoms with E-state index in [4.69, 9.17) is 4.74 Å². The van der Waals surface area contributed by atoms with Gasteiger partial charge in [-0.2, -0.15) is 0 Å². The van der Waals surface area contributed by atoms with Crippen LogP contribution in [0.2, 0.25) is 0 Å². The molecule has 168 valence electrons. The summed E-state index contributed by atoms with van der Waals surface area (Å²) < 4.78 is 6.82. The van der Waals surface area contributed by atoms with E-state index in [-0.39, 0.29) is 11.6 Å². The second-order valence-corrected chi connectivity index (χ2v) is 9.51. The molecule has 0 bridgehead atoms. The summed E-state index contributed by atoms with van der Waals surface area (Å²) in [5, 5.41) is 0. The van der Waals surface area contributed by atoms with Crippen LogP contribution in [0.3, 0.4) is 0 Å². The molecule has 3 nitrogen and oxygen atoms in total. The fraction of sp³-hybridized carbons (Fsp3) is 0.125. The van der Waals surface area contributed by atoms with E-state index in [1.54, 1.807) is 6.92 Å². The lowest BCUT2D eigenvalue weighted by molar-refractivity contribution is -0.123. The molecule has 2 aliphatic carbocycles. The first-order chi connectivity index (χ1) is 17.1. The molecule has 3 unspecified atom stereocenters. The third kappa shape index (κ3) is 2.17. The molecule has 0 amide bonds. The van der Waals surface area contributed by atoms with Crippen molar-refractivity contribution in [1.82, 2.24) is 0 Å². The minimum absolute atomic E-state index is 0.0444. The van der Waals surface area contributed by atoms with Crippen LogP contribution in [0.4, 0.5) is 0 Å². The van der Waals surface area contributed by atoms with Crippen LogP contribution in [0.25, 0.3) is 11.3 Å². The summed E-state index contributed by atoms with van der Waals surface area (Å²) in [7, 11) is 0. The van der Waals surface area contributed by atoms with Crippen molar-refractivity contribution in [2.45, 2.75) is 18.4 Å². The lowest BCUT2D eigenvalue weighted by Gasteiger charge is -2.39. The second-order valence-electron chi connectivity index (χ2n) is 9.51. The number of ether oxygens (including phenoxy) is 1. The second kappa shape index (κ2) is 6.89. The van der Waals surface area contributed by atoms with Crippen molar-refractivity contribution in [2.24, 2.45) is 5.41 Å². The normalized spacial score (nSPS) is 25.0. The molecule has 3 aliphatic rings. The third-order valence-corrected chi connectivity index (χ3v) is 8.05. The Balaban J connectivity index is 1.70. The van der Waals surface area contributed by atoms with Gasteiger partial charge in [0.1, 0.15) is 28.5 Å². The molecule has 1 heterocycles. The molecule has 1 aliphatic heterocycles. The molecular weight excluding hydrogens is 432 g/mol. The summed E-state index contributed by atoms with van der Waals surface area (Å²) in [6.45, 7) is 1.62. The summed E-state index contributed by atoms with van der Waals surface area (Å²) in [5.74, 6) is 0.564. The first-order valence-corrected chi connectivity index (χ1v) is 11.9. The van der Waals surface area contributed by atoms with Crippen LogP contribution in [0, 0.1) is 5.41 Å². The van der Waals surface area contributed by atoms with Gasteiger partial charge < -0.3 is 4.74 Å². The molecule has 0 spiro atoms. The maximum absolute atomic E-state index is 14.9. The van der Waals surface area contributed by atoms with E-state index in [1.165, 1.54) is 0 Å². The van der Waals surface area contributed by atoms with E-state index in [1.807, 2.05) is 109 Å². The Morgan fingerprint density at radius 2 is 1.31 bits per heavy atom. The van der Waals surface area contributed by atoms with Crippen LogP contribution < -0.4 is 0 Å². The number of fused-ring (bicyclic) bond motifs is 6. The largest absolute Gasteiger partial charge is 0.483 e. The average Bonchev–Trinajstić information content (AvgIpc) is 3.49. The minimum atomic E-state index is -1.22. The van der Waals surface area contributed by atoms with Crippen LogP contribution in [0.15, 0.2) is 109 Å². The number of carbonyl (C=O) groups excluding carboxylic acids is 2. The molecule has 4 aromatic rings. The molecule has 0 fully saturated rings. The summed E-state index contributed by atoms with van der Waals surface area (Å²) in [4.78, 5) is 28.9. The Bertz CT molecular complexity index is 1570. The number of benzene rings is 4. The highest BCUT2D eigenvalue weighted by molar-refractivity contribution is 6.23. The van der Waals surface area contributed by atoms with Gasteiger partial charge in [-0.05, 0) is 29.2 Å². The van der Waals surface area contributed by atoms with Gasteiger partial charge in [0.15, 0.2) is 5.78 Å². The van der Waals surface area contributed by atoms with E-state index in [2.05, 4.69) is 0 Å². The predicted octanol–water partition coefficient (Wildman–Crippen LogP) is 6.40. The molecule has 0 aromatic heterocycles. The molecule has 0 N–H and O–H groups in total. The van der Waals surface area contributed by atoms with Gasteiger partial charge in [-0.25, -0.2) is 0 Å². The minimum Gasteiger partial charge on any atom is -0.483 e. The number of ketones is 2. The van der Waals surface area contributed by atoms with Crippen LogP contribution >= 0.6 is 0 Å². The van der Waals surface area contributed by atoms with Crippen molar-refractivity contribution in [3.63, 3.8) is 0 Å². The number of hydrogen-bond acceptors (Lipinski definition) is 3. The standard InChI is InChI=1S/C32H22O3/c1-20(33)31-25-18-10-8-16-23(25)27-28(21-12-4-2-5-13-21)35-30(24-17-9-11-19-26(24)31)32(27,31)29(34)22-14-6-3-7-15-22/h2-19,30H,1H3. The topological polar surface area (TPSA) is 43.4 Å². The van der Waals surface area contributed by atoms with E-state index < -0.39 is 16.9 Å². The number of hydrogen-bond donors (Lipinski definition) is 0. The van der Waals surface area contributed by atoms with Crippen molar-refractivity contribution in [2.75, 3.05) is 0 Å². The molecule has 3 heteroatoms. The van der Waals surface area contributed by atoms with Gasteiger partial charge in [0.05, 0.1) is 0 Å². The number of carbonyl (C=O) groups is 2. The zero-order chi connectivity index (χ0) is 23.8. The van der Waals surface area contributed by atoms with Crippen molar-refractivity contribution in [3.05, 3.63) is 143 Å². The van der Waals surface area contributed by atoms with E-state index >= 15 is 0 Å². The maximum Gasteiger partial charge on any atom is 0.179 e. The SMILES string of the molecule is CC(=O)C12c3ccccc3C3=C(c4ccccc4)OC(c4ccccc41)C32C(=O)c1ccccc1. The van der Waals surface area contributed by atoms with Crippen molar-refractivity contribution in [3.8, 4) is 0 Å². The molecule has 0 radical (unpaired) electrons. The van der Waals surface area contributed by atoms with Crippen molar-refractivity contribution in [1.29, 1.82) is 0 Å². The zero-order valence-electron chi connectivity index (χ0n) is 19.2. The van der Waals surface area contributed by atoms with Crippen molar-refractivity contribution < 1.29 is 14.3 Å². The van der Waals surface area contributed by atoms with Gasteiger partial charge in [-0.15, -0.1) is 0 Å². The molecular formula is C32H22O3. The number of Topliss-reactive ketones (excluding diaryl/α,β-unsaturated/α-hetero) is 2. The van der Waals surface area contributed by atoms with Crippen LogP contribution in [-0.4, -0.2) is 11.6 Å². The van der Waals surface area contributed by atoms with Gasteiger partial charge in [0.2, 0.25) is 0 Å². The van der Waals surface area contributed by atoms with Crippen LogP contribution in [0.5, 0.6) is 0 Å². The highest BCUT2D eigenvalue weighted by Gasteiger charge is 2.79. The molecule has 35 heavy (non-hydrogen) atoms. The quantitative estimate of drug-likeness (QED) is 0.335. The van der Waals surface area contributed by atoms with Gasteiger partial charge >= 0.3 is 0 Å². The number of rotatable bonds is 4.